The average Bonchev–Trinajstić information content (AvgIpc) is 3.33. The molecule has 2 unspecified atom stereocenters. The second kappa shape index (κ2) is 9.77. The zero-order valence-corrected chi connectivity index (χ0v) is 21.6. The molecule has 3 nitrogen and oxygen atoms in total. The third-order valence-corrected chi connectivity index (χ3v) is 7.37. The van der Waals surface area contributed by atoms with E-state index in [0.29, 0.717) is 27.1 Å². The lowest BCUT2D eigenvalue weighted by Gasteiger charge is -2.14. The topological polar surface area (TPSA) is 41.1 Å². The van der Waals surface area contributed by atoms with Gasteiger partial charge in [-0.3, -0.25) is 4.79 Å². The Morgan fingerprint density at radius 1 is 0.882 bits per heavy atom. The number of rotatable bonds is 6. The van der Waals surface area contributed by atoms with Crippen LogP contribution >= 0.6 is 69.6 Å². The number of halogens is 7. The molecule has 0 aliphatic heterocycles. The first-order valence-corrected chi connectivity index (χ1v) is 12.1. The number of hydrogen-bond acceptors (Lipinski definition) is 2. The summed E-state index contributed by atoms with van der Waals surface area (Å²) in [4.78, 5) is 12.8. The van der Waals surface area contributed by atoms with Crippen molar-refractivity contribution in [3.8, 4) is 0 Å². The Morgan fingerprint density at radius 3 is 2.12 bits per heavy atom. The molecule has 0 radical (unpaired) electrons. The van der Waals surface area contributed by atoms with Crippen molar-refractivity contribution in [2.24, 2.45) is 5.92 Å². The molecular weight excluding hydrogens is 564 g/mol. The van der Waals surface area contributed by atoms with E-state index in [-0.39, 0.29) is 27.4 Å². The Labute approximate surface area is 225 Å². The maximum Gasteiger partial charge on any atom is 0.257 e. The molecule has 10 heteroatoms. The fourth-order valence-corrected chi connectivity index (χ4v) is 5.68. The molecule has 1 aliphatic carbocycles. The summed E-state index contributed by atoms with van der Waals surface area (Å²) in [6.45, 7) is 4.07. The lowest BCUT2D eigenvalue weighted by atomic mass is 10.1. The highest BCUT2D eigenvalue weighted by molar-refractivity contribution is 6.52. The van der Waals surface area contributed by atoms with Crippen LogP contribution in [-0.2, 0) is 0 Å². The fourth-order valence-electron chi connectivity index (χ4n) is 3.73. The van der Waals surface area contributed by atoms with E-state index in [4.69, 9.17) is 69.6 Å². The first-order valence-electron chi connectivity index (χ1n) is 9.83. The molecule has 4 rings (SSSR count). The summed E-state index contributed by atoms with van der Waals surface area (Å²) in [6, 6.07) is 13.4. The van der Waals surface area contributed by atoms with Crippen LogP contribution in [0.1, 0.15) is 21.8 Å². The van der Waals surface area contributed by atoms with Crippen LogP contribution < -0.4 is 10.6 Å². The summed E-state index contributed by atoms with van der Waals surface area (Å²) < 4.78 is 12.0. The number of nitrogens with one attached hydrogen (secondary N) is 2. The van der Waals surface area contributed by atoms with E-state index in [1.807, 2.05) is 0 Å². The van der Waals surface area contributed by atoms with Gasteiger partial charge in [0.05, 0.1) is 21.3 Å². The second-order valence-electron chi connectivity index (χ2n) is 7.76. The van der Waals surface area contributed by atoms with Crippen LogP contribution in [0, 0.1) is 11.7 Å². The van der Waals surface area contributed by atoms with E-state index < -0.39 is 16.1 Å². The largest absolute Gasteiger partial charge is 0.358 e. The standard InChI is InChI=1S/C24H15Cl6FN2O/c1-11(21-22(24(21,29)30)12-6-13(25)8-14(26)7-12)32-20-9-17(18(27)10-19(20)28)23(34)33-16-4-2-15(31)3-5-16/h2-10,21-22,32H,1H2,(H,33,34). The molecule has 0 spiro atoms. The van der Waals surface area contributed by atoms with E-state index in [1.54, 1.807) is 18.2 Å². The van der Waals surface area contributed by atoms with Crippen molar-refractivity contribution in [3.63, 3.8) is 0 Å². The van der Waals surface area contributed by atoms with Gasteiger partial charge in [-0.2, -0.15) is 0 Å². The van der Waals surface area contributed by atoms with Gasteiger partial charge in [0.2, 0.25) is 0 Å². The summed E-state index contributed by atoms with van der Waals surface area (Å²) in [7, 11) is 0. The van der Waals surface area contributed by atoms with Crippen molar-refractivity contribution in [1.29, 1.82) is 0 Å². The van der Waals surface area contributed by atoms with Crippen LogP contribution in [0.15, 0.2) is 66.9 Å². The van der Waals surface area contributed by atoms with Crippen LogP contribution in [0.3, 0.4) is 0 Å². The number of hydrogen-bond donors (Lipinski definition) is 2. The summed E-state index contributed by atoms with van der Waals surface area (Å²) in [5.74, 6) is -1.60. The van der Waals surface area contributed by atoms with Crippen LogP contribution in [0.2, 0.25) is 20.1 Å². The highest BCUT2D eigenvalue weighted by atomic mass is 35.5. The van der Waals surface area contributed by atoms with Gasteiger partial charge in [0.15, 0.2) is 0 Å². The monoisotopic (exact) mass is 576 g/mol. The smallest absolute Gasteiger partial charge is 0.257 e. The van der Waals surface area contributed by atoms with Crippen LogP contribution in [0.5, 0.6) is 0 Å². The maximum absolute atomic E-state index is 13.1. The number of alkyl halides is 2. The molecule has 1 amide bonds. The summed E-state index contributed by atoms with van der Waals surface area (Å²) in [5.41, 5.74) is 2.21. The highest BCUT2D eigenvalue weighted by Gasteiger charge is 2.65. The molecule has 0 saturated heterocycles. The number of anilines is 2. The predicted molar refractivity (Wildman–Crippen MR) is 141 cm³/mol. The van der Waals surface area contributed by atoms with E-state index in [9.17, 15) is 9.18 Å². The molecule has 0 bridgehead atoms. The minimum absolute atomic E-state index is 0.141. The van der Waals surface area contributed by atoms with Crippen molar-refractivity contribution < 1.29 is 9.18 Å². The summed E-state index contributed by atoms with van der Waals surface area (Å²) in [6.07, 6.45) is 0. The first-order chi connectivity index (χ1) is 16.0. The molecule has 176 valence electrons. The van der Waals surface area contributed by atoms with Gasteiger partial charge in [-0.25, -0.2) is 4.39 Å². The number of carbonyl (C=O) groups is 1. The Hall–Kier alpha value is -1.66. The number of allylic oxidation sites excluding steroid dienone is 1. The van der Waals surface area contributed by atoms with E-state index in [0.717, 1.165) is 5.56 Å². The molecule has 1 aliphatic rings. The van der Waals surface area contributed by atoms with Crippen LogP contribution in [-0.4, -0.2) is 10.2 Å². The zero-order chi connectivity index (χ0) is 24.8. The van der Waals surface area contributed by atoms with E-state index in [2.05, 4.69) is 17.2 Å². The Morgan fingerprint density at radius 2 is 1.50 bits per heavy atom. The molecule has 1 saturated carbocycles. The van der Waals surface area contributed by atoms with Gasteiger partial charge in [-0.1, -0.05) is 53.0 Å². The van der Waals surface area contributed by atoms with Crippen molar-refractivity contribution in [2.75, 3.05) is 10.6 Å². The van der Waals surface area contributed by atoms with Gasteiger partial charge in [-0.15, -0.1) is 23.2 Å². The van der Waals surface area contributed by atoms with E-state index >= 15 is 0 Å². The third-order valence-electron chi connectivity index (χ3n) is 5.37. The molecule has 3 aromatic rings. The quantitative estimate of drug-likeness (QED) is 0.286. The van der Waals surface area contributed by atoms with Gasteiger partial charge < -0.3 is 10.6 Å². The Bertz CT molecular complexity index is 1280. The Balaban J connectivity index is 1.55. The van der Waals surface area contributed by atoms with Crippen molar-refractivity contribution >= 4 is 86.9 Å². The van der Waals surface area contributed by atoms with Gasteiger partial charge in [0, 0.05) is 33.3 Å². The highest BCUT2D eigenvalue weighted by Crippen LogP contribution is 2.67. The van der Waals surface area contributed by atoms with E-state index in [1.165, 1.54) is 36.4 Å². The molecule has 2 N–H and O–H groups in total. The summed E-state index contributed by atoms with van der Waals surface area (Å²) in [5, 5.41) is 7.10. The minimum atomic E-state index is -1.14. The lowest BCUT2D eigenvalue weighted by molar-refractivity contribution is 0.102. The SMILES string of the molecule is C=C(Nc1cc(C(=O)Nc2ccc(F)cc2)c(Cl)cc1Cl)C1C(c2cc(Cl)cc(Cl)c2)C1(Cl)Cl. The third kappa shape index (κ3) is 5.28. The molecule has 2 atom stereocenters. The lowest BCUT2D eigenvalue weighted by Crippen LogP contribution is -2.13. The van der Waals surface area contributed by atoms with Gasteiger partial charge in [-0.05, 0) is 60.2 Å². The molecule has 0 aromatic heterocycles. The maximum atomic E-state index is 13.1. The van der Waals surface area contributed by atoms with Crippen molar-refractivity contribution in [1.82, 2.24) is 0 Å². The number of benzene rings is 3. The van der Waals surface area contributed by atoms with Crippen LogP contribution in [0.25, 0.3) is 0 Å². The summed E-state index contributed by atoms with van der Waals surface area (Å²) >= 11 is 38.0. The van der Waals surface area contributed by atoms with Crippen molar-refractivity contribution in [3.05, 3.63) is 104 Å². The minimum Gasteiger partial charge on any atom is -0.358 e. The van der Waals surface area contributed by atoms with Gasteiger partial charge in [0.1, 0.15) is 10.2 Å². The zero-order valence-electron chi connectivity index (χ0n) is 17.1. The normalized spacial score (nSPS) is 18.3. The second-order valence-corrected chi connectivity index (χ2v) is 10.9. The molecular formula is C24H15Cl6FN2O. The molecule has 3 aromatic carbocycles. The van der Waals surface area contributed by atoms with Crippen molar-refractivity contribution in [2.45, 2.75) is 10.3 Å². The fraction of sp³-hybridized carbons (Fsp3) is 0.125. The Kier molecular flexibility index (Phi) is 7.31. The van der Waals surface area contributed by atoms with Gasteiger partial charge >= 0.3 is 0 Å². The predicted octanol–water partition coefficient (Wildman–Crippen LogP) is 9.20. The first kappa shape index (κ1) is 25.4. The van der Waals surface area contributed by atoms with Gasteiger partial charge in [0.25, 0.3) is 5.91 Å². The number of amides is 1. The molecule has 34 heavy (non-hydrogen) atoms. The molecule has 1 fully saturated rings. The average molecular weight is 579 g/mol. The molecule has 0 heterocycles. The van der Waals surface area contributed by atoms with Crippen LogP contribution in [0.4, 0.5) is 15.8 Å². The number of carbonyl (C=O) groups excluding carboxylic acids is 1.